The van der Waals surface area contributed by atoms with Gasteiger partial charge in [-0.1, -0.05) is 6.07 Å². The second-order valence-electron chi connectivity index (χ2n) is 5.69. The average molecular weight is 307 g/mol. The van der Waals surface area contributed by atoms with Crippen LogP contribution in [0, 0.1) is 5.92 Å². The van der Waals surface area contributed by atoms with Crippen LogP contribution < -0.4 is 5.56 Å². The lowest BCUT2D eigenvalue weighted by Gasteiger charge is -2.31. The topological polar surface area (TPSA) is 49.2 Å². The van der Waals surface area contributed by atoms with E-state index >= 15 is 0 Å². The van der Waals surface area contributed by atoms with Crippen LogP contribution in [0.5, 0.6) is 0 Å². The predicted octanol–water partition coefficient (Wildman–Crippen LogP) is 3.08. The van der Waals surface area contributed by atoms with Crippen LogP contribution in [0.3, 0.4) is 0 Å². The summed E-state index contributed by atoms with van der Waals surface area (Å²) in [6, 6.07) is 7.26. The SMILES string of the molecule is O=c1ccc(CC2CCN(Cc3ccc(Cl)o3)CC2)c[nH]1. The van der Waals surface area contributed by atoms with Gasteiger partial charge in [0.1, 0.15) is 5.76 Å². The molecule has 1 fully saturated rings. The maximum atomic E-state index is 11.1. The molecule has 1 aliphatic rings. The Morgan fingerprint density at radius 2 is 2.05 bits per heavy atom. The first-order chi connectivity index (χ1) is 10.2. The van der Waals surface area contributed by atoms with E-state index < -0.39 is 0 Å². The molecule has 2 aromatic heterocycles. The summed E-state index contributed by atoms with van der Waals surface area (Å²) in [5.41, 5.74) is 1.18. The Hall–Kier alpha value is -1.52. The molecule has 1 saturated heterocycles. The summed E-state index contributed by atoms with van der Waals surface area (Å²) >= 11 is 5.79. The highest BCUT2D eigenvalue weighted by Gasteiger charge is 2.20. The first-order valence-electron chi connectivity index (χ1n) is 7.33. The number of nitrogens with zero attached hydrogens (tertiary/aromatic N) is 1. The molecule has 112 valence electrons. The quantitative estimate of drug-likeness (QED) is 0.944. The Morgan fingerprint density at radius 1 is 1.24 bits per heavy atom. The maximum absolute atomic E-state index is 11.1. The van der Waals surface area contributed by atoms with Crippen molar-refractivity contribution >= 4 is 11.6 Å². The maximum Gasteiger partial charge on any atom is 0.247 e. The van der Waals surface area contributed by atoms with Crippen molar-refractivity contribution < 1.29 is 4.42 Å². The highest BCUT2D eigenvalue weighted by Crippen LogP contribution is 2.23. The van der Waals surface area contributed by atoms with Gasteiger partial charge < -0.3 is 9.40 Å². The summed E-state index contributed by atoms with van der Waals surface area (Å²) in [6.07, 6.45) is 5.22. The first kappa shape index (κ1) is 14.4. The van der Waals surface area contributed by atoms with Crippen LogP contribution in [-0.2, 0) is 13.0 Å². The van der Waals surface area contributed by atoms with Crippen LogP contribution in [0.2, 0.25) is 5.22 Å². The Bertz CT molecular complexity index is 621. The minimum absolute atomic E-state index is 0.0364. The van der Waals surface area contributed by atoms with Gasteiger partial charge in [-0.2, -0.15) is 0 Å². The second kappa shape index (κ2) is 6.50. The van der Waals surface area contributed by atoms with Crippen LogP contribution in [-0.4, -0.2) is 23.0 Å². The van der Waals surface area contributed by atoms with Gasteiger partial charge in [-0.25, -0.2) is 0 Å². The molecule has 0 saturated carbocycles. The van der Waals surface area contributed by atoms with Gasteiger partial charge in [0.2, 0.25) is 5.56 Å². The molecule has 0 aliphatic carbocycles. The summed E-state index contributed by atoms with van der Waals surface area (Å²) in [4.78, 5) is 16.2. The molecule has 0 aromatic carbocycles. The molecule has 3 heterocycles. The molecule has 2 aromatic rings. The molecule has 0 radical (unpaired) electrons. The third-order valence-corrected chi connectivity index (χ3v) is 4.29. The van der Waals surface area contributed by atoms with Crippen molar-refractivity contribution in [3.63, 3.8) is 0 Å². The van der Waals surface area contributed by atoms with Crippen molar-refractivity contribution in [3.8, 4) is 0 Å². The fraction of sp³-hybridized carbons (Fsp3) is 0.438. The van der Waals surface area contributed by atoms with Gasteiger partial charge in [0.25, 0.3) is 0 Å². The van der Waals surface area contributed by atoms with E-state index in [0.717, 1.165) is 31.8 Å². The fourth-order valence-electron chi connectivity index (χ4n) is 2.91. The standard InChI is InChI=1S/C16H19ClN2O2/c17-15-3-2-14(21-15)11-19-7-5-12(6-8-19)9-13-1-4-16(20)18-10-13/h1-4,10,12H,5-9,11H2,(H,18,20). The number of hydrogen-bond acceptors (Lipinski definition) is 3. The van der Waals surface area contributed by atoms with E-state index in [1.165, 1.54) is 18.4 Å². The molecule has 1 aliphatic heterocycles. The minimum Gasteiger partial charge on any atom is -0.448 e. The monoisotopic (exact) mass is 306 g/mol. The minimum atomic E-state index is -0.0364. The van der Waals surface area contributed by atoms with Crippen LogP contribution in [0.15, 0.2) is 39.7 Å². The number of nitrogens with one attached hydrogen (secondary N) is 1. The molecule has 4 nitrogen and oxygen atoms in total. The zero-order chi connectivity index (χ0) is 14.7. The Kier molecular flexibility index (Phi) is 4.46. The molecule has 3 rings (SSSR count). The van der Waals surface area contributed by atoms with Crippen LogP contribution in [0.1, 0.15) is 24.2 Å². The summed E-state index contributed by atoms with van der Waals surface area (Å²) in [5.74, 6) is 1.62. The molecule has 0 amide bonds. The third-order valence-electron chi connectivity index (χ3n) is 4.09. The fourth-order valence-corrected chi connectivity index (χ4v) is 3.07. The van der Waals surface area contributed by atoms with Gasteiger partial charge in [-0.3, -0.25) is 9.69 Å². The third kappa shape index (κ3) is 3.99. The summed E-state index contributed by atoms with van der Waals surface area (Å²) in [6.45, 7) is 2.98. The van der Waals surface area contributed by atoms with Crippen molar-refractivity contribution in [1.82, 2.24) is 9.88 Å². The molecule has 0 spiro atoms. The van der Waals surface area contributed by atoms with Crippen molar-refractivity contribution in [2.75, 3.05) is 13.1 Å². The van der Waals surface area contributed by atoms with Crippen LogP contribution in [0.4, 0.5) is 0 Å². The van der Waals surface area contributed by atoms with E-state index in [-0.39, 0.29) is 5.56 Å². The number of rotatable bonds is 4. The molecule has 1 N–H and O–H groups in total. The Labute approximate surface area is 128 Å². The van der Waals surface area contributed by atoms with Gasteiger partial charge in [0.05, 0.1) is 6.54 Å². The Balaban J connectivity index is 1.48. The van der Waals surface area contributed by atoms with Gasteiger partial charge >= 0.3 is 0 Å². The van der Waals surface area contributed by atoms with Gasteiger partial charge in [0, 0.05) is 12.3 Å². The molecule has 0 bridgehead atoms. The van der Waals surface area contributed by atoms with E-state index in [1.807, 2.05) is 18.3 Å². The number of furan rings is 1. The van der Waals surface area contributed by atoms with Crippen LogP contribution in [0.25, 0.3) is 0 Å². The normalized spacial score (nSPS) is 17.2. The van der Waals surface area contributed by atoms with Gasteiger partial charge in [0.15, 0.2) is 5.22 Å². The molecule has 21 heavy (non-hydrogen) atoms. The highest BCUT2D eigenvalue weighted by molar-refractivity contribution is 6.28. The largest absolute Gasteiger partial charge is 0.448 e. The molecular formula is C16H19ClN2O2. The molecular weight excluding hydrogens is 288 g/mol. The first-order valence-corrected chi connectivity index (χ1v) is 7.71. The summed E-state index contributed by atoms with van der Waals surface area (Å²) in [5, 5.41) is 0.456. The number of aromatic nitrogens is 1. The van der Waals surface area contributed by atoms with E-state index in [1.54, 1.807) is 12.1 Å². The van der Waals surface area contributed by atoms with Gasteiger partial charge in [-0.15, -0.1) is 0 Å². The molecule has 5 heteroatoms. The number of likely N-dealkylation sites (tertiary alicyclic amines) is 1. The Morgan fingerprint density at radius 3 is 2.67 bits per heavy atom. The zero-order valence-electron chi connectivity index (χ0n) is 11.8. The number of H-pyrrole nitrogens is 1. The lowest BCUT2D eigenvalue weighted by molar-refractivity contribution is 0.166. The van der Waals surface area contributed by atoms with Crippen molar-refractivity contribution in [2.45, 2.75) is 25.8 Å². The van der Waals surface area contributed by atoms with Crippen molar-refractivity contribution in [2.24, 2.45) is 5.92 Å². The number of piperidine rings is 1. The van der Waals surface area contributed by atoms with Gasteiger partial charge in [-0.05, 0) is 67.6 Å². The lowest BCUT2D eigenvalue weighted by atomic mass is 9.91. The van der Waals surface area contributed by atoms with E-state index in [9.17, 15) is 4.79 Å². The number of pyridine rings is 1. The number of halogens is 1. The van der Waals surface area contributed by atoms with E-state index in [2.05, 4.69) is 9.88 Å². The molecule has 0 atom stereocenters. The zero-order valence-corrected chi connectivity index (χ0v) is 12.6. The number of aromatic amines is 1. The lowest BCUT2D eigenvalue weighted by Crippen LogP contribution is -2.33. The van der Waals surface area contributed by atoms with Crippen molar-refractivity contribution in [1.29, 1.82) is 0 Å². The van der Waals surface area contributed by atoms with E-state index in [0.29, 0.717) is 11.1 Å². The smallest absolute Gasteiger partial charge is 0.247 e. The van der Waals surface area contributed by atoms with Crippen molar-refractivity contribution in [3.05, 3.63) is 57.4 Å². The number of hydrogen-bond donors (Lipinski definition) is 1. The van der Waals surface area contributed by atoms with E-state index in [4.69, 9.17) is 16.0 Å². The summed E-state index contributed by atoms with van der Waals surface area (Å²) in [7, 11) is 0. The highest BCUT2D eigenvalue weighted by atomic mass is 35.5. The average Bonchev–Trinajstić information content (AvgIpc) is 2.89. The second-order valence-corrected chi connectivity index (χ2v) is 6.06. The summed E-state index contributed by atoms with van der Waals surface area (Å²) < 4.78 is 5.41. The van der Waals surface area contributed by atoms with Crippen LogP contribution >= 0.6 is 11.6 Å². The predicted molar refractivity (Wildman–Crippen MR) is 82.5 cm³/mol. The molecule has 0 unspecified atom stereocenters.